The minimum absolute atomic E-state index is 0.116. The van der Waals surface area contributed by atoms with E-state index < -0.39 is 17.4 Å². The molecule has 2 unspecified atom stereocenters. The molecule has 2 aromatic rings. The van der Waals surface area contributed by atoms with Gasteiger partial charge in [-0.15, -0.1) is 5.10 Å². The molecule has 7 heteroatoms. The van der Waals surface area contributed by atoms with Gasteiger partial charge in [-0.05, 0) is 45.2 Å². The van der Waals surface area contributed by atoms with Crippen molar-refractivity contribution in [2.45, 2.75) is 45.1 Å². The fourth-order valence-corrected chi connectivity index (χ4v) is 3.38. The molecule has 1 aromatic heterocycles. The second-order valence-electron chi connectivity index (χ2n) is 7.40. The summed E-state index contributed by atoms with van der Waals surface area (Å²) in [6.07, 6.45) is 4.33. The lowest BCUT2D eigenvalue weighted by atomic mass is 9.80. The molecule has 1 fully saturated rings. The molecule has 1 aromatic carbocycles. The summed E-state index contributed by atoms with van der Waals surface area (Å²) in [5.74, 6) is -1.63. The van der Waals surface area contributed by atoms with Crippen molar-refractivity contribution < 1.29 is 14.7 Å². The van der Waals surface area contributed by atoms with E-state index in [1.54, 1.807) is 10.9 Å². The Morgan fingerprint density at radius 3 is 2.58 bits per heavy atom. The van der Waals surface area contributed by atoms with Gasteiger partial charge in [0.25, 0.3) is 0 Å². The first-order valence-electron chi connectivity index (χ1n) is 8.90. The first kappa shape index (κ1) is 18.1. The van der Waals surface area contributed by atoms with Crippen molar-refractivity contribution in [2.24, 2.45) is 11.8 Å². The molecule has 1 amide bonds. The maximum absolute atomic E-state index is 12.7. The number of nitrogens with zero attached hydrogens (tertiary/aromatic N) is 3. The Morgan fingerprint density at radius 1 is 1.19 bits per heavy atom. The number of hydrogen-bond acceptors (Lipinski definition) is 4. The largest absolute Gasteiger partial charge is 0.481 e. The highest BCUT2D eigenvalue weighted by Crippen LogP contribution is 2.30. The number of hydrogen-bond donors (Lipinski definition) is 2. The fraction of sp³-hybridized carbons (Fsp3) is 0.474. The van der Waals surface area contributed by atoms with Gasteiger partial charge in [0.1, 0.15) is 5.69 Å². The minimum Gasteiger partial charge on any atom is -0.481 e. The molecule has 1 aliphatic carbocycles. The van der Waals surface area contributed by atoms with E-state index in [1.807, 2.05) is 44.2 Å². The smallest absolute Gasteiger partial charge is 0.306 e. The van der Waals surface area contributed by atoms with Crippen LogP contribution in [0.2, 0.25) is 0 Å². The van der Waals surface area contributed by atoms with E-state index in [2.05, 4.69) is 15.6 Å². The highest BCUT2D eigenvalue weighted by Gasteiger charge is 2.34. The third-order valence-corrected chi connectivity index (χ3v) is 4.98. The minimum atomic E-state index is -0.812. The number of aliphatic carboxylic acids is 1. The van der Waals surface area contributed by atoms with Crippen molar-refractivity contribution >= 4 is 11.9 Å². The summed E-state index contributed by atoms with van der Waals surface area (Å²) < 4.78 is 1.67. The number of para-hydroxylation sites is 1. The molecule has 1 heterocycles. The van der Waals surface area contributed by atoms with Gasteiger partial charge in [0.2, 0.25) is 5.91 Å². The average Bonchev–Trinajstić information content (AvgIpc) is 3.13. The van der Waals surface area contributed by atoms with Crippen molar-refractivity contribution in [1.82, 2.24) is 20.3 Å². The van der Waals surface area contributed by atoms with Gasteiger partial charge in [-0.2, -0.15) is 0 Å². The zero-order chi connectivity index (χ0) is 18.7. The number of carbonyl (C=O) groups excluding carboxylic acids is 1. The van der Waals surface area contributed by atoms with Crippen molar-refractivity contribution in [3.05, 3.63) is 42.2 Å². The fourth-order valence-electron chi connectivity index (χ4n) is 3.38. The first-order chi connectivity index (χ1) is 12.4. The summed E-state index contributed by atoms with van der Waals surface area (Å²) in [5, 5.41) is 20.6. The number of benzene rings is 1. The van der Waals surface area contributed by atoms with E-state index in [0.29, 0.717) is 18.5 Å². The number of carbonyl (C=O) groups is 2. The van der Waals surface area contributed by atoms with Gasteiger partial charge < -0.3 is 10.4 Å². The van der Waals surface area contributed by atoms with Crippen LogP contribution in [-0.4, -0.2) is 32.0 Å². The first-order valence-corrected chi connectivity index (χ1v) is 8.90. The Morgan fingerprint density at radius 2 is 1.88 bits per heavy atom. The van der Waals surface area contributed by atoms with Crippen LogP contribution in [0.15, 0.2) is 36.5 Å². The van der Waals surface area contributed by atoms with Crippen LogP contribution in [0.25, 0.3) is 5.69 Å². The highest BCUT2D eigenvalue weighted by molar-refractivity contribution is 5.81. The van der Waals surface area contributed by atoms with Gasteiger partial charge in [0.15, 0.2) is 0 Å². The van der Waals surface area contributed by atoms with Crippen LogP contribution in [0.1, 0.15) is 45.2 Å². The van der Waals surface area contributed by atoms with Crippen LogP contribution in [-0.2, 0) is 15.1 Å². The summed E-state index contributed by atoms with van der Waals surface area (Å²) >= 11 is 0. The van der Waals surface area contributed by atoms with Crippen LogP contribution in [0.5, 0.6) is 0 Å². The summed E-state index contributed by atoms with van der Waals surface area (Å²) in [7, 11) is 0. The molecule has 2 N–H and O–H groups in total. The topological polar surface area (TPSA) is 97.1 Å². The van der Waals surface area contributed by atoms with Gasteiger partial charge in [0, 0.05) is 5.92 Å². The zero-order valence-electron chi connectivity index (χ0n) is 15.1. The molecule has 0 bridgehead atoms. The summed E-state index contributed by atoms with van der Waals surface area (Å²) in [5.41, 5.74) is 0.852. The van der Waals surface area contributed by atoms with Crippen molar-refractivity contribution in [3.63, 3.8) is 0 Å². The van der Waals surface area contributed by atoms with Crippen LogP contribution in [0, 0.1) is 11.8 Å². The molecule has 138 valence electrons. The Hall–Kier alpha value is -2.70. The van der Waals surface area contributed by atoms with E-state index in [0.717, 1.165) is 18.5 Å². The molecule has 0 spiro atoms. The van der Waals surface area contributed by atoms with Gasteiger partial charge in [0.05, 0.1) is 23.3 Å². The molecule has 7 nitrogen and oxygen atoms in total. The summed E-state index contributed by atoms with van der Waals surface area (Å²) in [6, 6.07) is 9.63. The summed E-state index contributed by atoms with van der Waals surface area (Å²) in [4.78, 5) is 23.9. The molecular formula is C19H24N4O3. The average molecular weight is 356 g/mol. The van der Waals surface area contributed by atoms with E-state index >= 15 is 0 Å². The molecule has 3 rings (SSSR count). The van der Waals surface area contributed by atoms with Crippen LogP contribution < -0.4 is 5.32 Å². The van der Waals surface area contributed by atoms with Gasteiger partial charge in [-0.25, -0.2) is 4.68 Å². The van der Waals surface area contributed by atoms with Crippen LogP contribution in [0.4, 0.5) is 0 Å². The second kappa shape index (κ2) is 7.27. The molecule has 2 atom stereocenters. The number of aromatic nitrogens is 3. The standard InChI is InChI=1S/C19H24N4O3/c1-19(2,16-12-23(22-21-16)15-9-4-3-5-10-15)20-17(24)13-7-6-8-14(11-13)18(25)26/h3-5,9-10,12-14H,6-8,11H2,1-2H3,(H,20,24)(H,25,26). The molecule has 1 aliphatic rings. The maximum Gasteiger partial charge on any atom is 0.306 e. The third-order valence-electron chi connectivity index (χ3n) is 4.98. The Labute approximate surface area is 152 Å². The lowest BCUT2D eigenvalue weighted by molar-refractivity contribution is -0.144. The van der Waals surface area contributed by atoms with Crippen molar-refractivity contribution in [1.29, 1.82) is 0 Å². The lowest BCUT2D eigenvalue weighted by Crippen LogP contribution is -2.45. The number of carboxylic acid groups (broad SMARTS) is 1. The molecule has 1 saturated carbocycles. The Kier molecular flexibility index (Phi) is 5.06. The Balaban J connectivity index is 1.69. The molecule has 0 radical (unpaired) electrons. The van der Waals surface area contributed by atoms with Gasteiger partial charge >= 0.3 is 5.97 Å². The third kappa shape index (κ3) is 3.92. The monoisotopic (exact) mass is 356 g/mol. The van der Waals surface area contributed by atoms with Gasteiger partial charge in [-0.3, -0.25) is 9.59 Å². The SMILES string of the molecule is CC(C)(NC(=O)C1CCCC(C(=O)O)C1)c1cn(-c2ccccc2)nn1. The van der Waals surface area contributed by atoms with Crippen molar-refractivity contribution in [3.8, 4) is 5.69 Å². The normalized spacial score (nSPS) is 20.5. The zero-order valence-corrected chi connectivity index (χ0v) is 15.1. The second-order valence-corrected chi connectivity index (χ2v) is 7.40. The van der Waals surface area contributed by atoms with Crippen LogP contribution in [0.3, 0.4) is 0 Å². The number of rotatable bonds is 5. The Bertz CT molecular complexity index is 785. The van der Waals surface area contributed by atoms with E-state index in [9.17, 15) is 14.7 Å². The molecule has 0 aliphatic heterocycles. The predicted octanol–water partition coefficient (Wildman–Crippen LogP) is 2.51. The van der Waals surface area contributed by atoms with E-state index in [4.69, 9.17) is 0 Å². The van der Waals surface area contributed by atoms with E-state index in [1.165, 1.54) is 0 Å². The molecule has 26 heavy (non-hydrogen) atoms. The highest BCUT2D eigenvalue weighted by atomic mass is 16.4. The quantitative estimate of drug-likeness (QED) is 0.858. The number of carboxylic acids is 1. The molecule has 0 saturated heterocycles. The van der Waals surface area contributed by atoms with Gasteiger partial charge in [-0.1, -0.05) is 29.8 Å². The van der Waals surface area contributed by atoms with Crippen LogP contribution >= 0.6 is 0 Å². The predicted molar refractivity (Wildman–Crippen MR) is 95.6 cm³/mol. The number of amides is 1. The maximum atomic E-state index is 12.7. The van der Waals surface area contributed by atoms with E-state index in [-0.39, 0.29) is 11.8 Å². The number of nitrogens with one attached hydrogen (secondary N) is 1. The lowest BCUT2D eigenvalue weighted by Gasteiger charge is -2.30. The summed E-state index contributed by atoms with van der Waals surface area (Å²) in [6.45, 7) is 3.75. The molecular weight excluding hydrogens is 332 g/mol. The van der Waals surface area contributed by atoms with Crippen molar-refractivity contribution in [2.75, 3.05) is 0 Å².